The van der Waals surface area contributed by atoms with Crippen LogP contribution in [0.2, 0.25) is 0 Å². The lowest BCUT2D eigenvalue weighted by atomic mass is 10.0. The molecule has 130 valence electrons. The van der Waals surface area contributed by atoms with Crippen molar-refractivity contribution in [2.45, 2.75) is 33.2 Å². The van der Waals surface area contributed by atoms with E-state index >= 15 is 0 Å². The molecule has 0 aliphatic carbocycles. The predicted molar refractivity (Wildman–Crippen MR) is 95.8 cm³/mol. The topological polar surface area (TPSA) is 77.0 Å². The van der Waals surface area contributed by atoms with Crippen molar-refractivity contribution in [2.24, 2.45) is 0 Å². The van der Waals surface area contributed by atoms with Gasteiger partial charge in [0.15, 0.2) is 0 Å². The normalized spacial score (nSPS) is 11.0. The van der Waals surface area contributed by atoms with Gasteiger partial charge in [0.05, 0.1) is 18.2 Å². The van der Waals surface area contributed by atoms with Gasteiger partial charge in [0.2, 0.25) is 5.43 Å². The van der Waals surface area contributed by atoms with Crippen LogP contribution in [0.1, 0.15) is 35.5 Å². The Morgan fingerprint density at radius 3 is 2.64 bits per heavy atom. The minimum atomic E-state index is -0.585. The Bertz CT molecular complexity index is 942. The van der Waals surface area contributed by atoms with Crippen LogP contribution in [0.3, 0.4) is 0 Å². The molecule has 25 heavy (non-hydrogen) atoms. The van der Waals surface area contributed by atoms with Gasteiger partial charge in [0.25, 0.3) is 0 Å². The van der Waals surface area contributed by atoms with Gasteiger partial charge in [0, 0.05) is 12.2 Å². The predicted octanol–water partition coefficient (Wildman–Crippen LogP) is 2.71. The molecule has 0 radical (unpaired) electrons. The van der Waals surface area contributed by atoms with Gasteiger partial charge in [0.1, 0.15) is 11.2 Å². The van der Waals surface area contributed by atoms with E-state index in [2.05, 4.69) is 10.1 Å². The standard InChI is InChI=1S/C19H21N3O3/c1-3-22-18-14(12-20-22)17(23)16(19(24)25-4-2)15(21-18)11-10-13-8-6-5-7-9-13/h5-9,12H,3-4,10-11H2,1-2H3,(H,21,23). The molecule has 0 aliphatic heterocycles. The number of nitrogens with zero attached hydrogens (tertiary/aromatic N) is 2. The van der Waals surface area contributed by atoms with Crippen LogP contribution in [0.15, 0.2) is 41.3 Å². The first-order valence-electron chi connectivity index (χ1n) is 8.47. The van der Waals surface area contributed by atoms with Gasteiger partial charge in [-0.1, -0.05) is 30.3 Å². The fraction of sp³-hybridized carbons (Fsp3) is 0.316. The van der Waals surface area contributed by atoms with E-state index in [1.54, 1.807) is 11.6 Å². The van der Waals surface area contributed by atoms with Crippen LogP contribution in [-0.4, -0.2) is 27.3 Å². The first-order chi connectivity index (χ1) is 12.2. The summed E-state index contributed by atoms with van der Waals surface area (Å²) >= 11 is 0. The van der Waals surface area contributed by atoms with E-state index in [9.17, 15) is 9.59 Å². The maximum Gasteiger partial charge on any atom is 0.343 e. The van der Waals surface area contributed by atoms with Gasteiger partial charge < -0.3 is 9.72 Å². The number of carbonyl (C=O) groups excluding carboxylic acids is 1. The molecule has 0 fully saturated rings. The van der Waals surface area contributed by atoms with E-state index in [4.69, 9.17) is 4.74 Å². The van der Waals surface area contributed by atoms with E-state index in [0.717, 1.165) is 12.0 Å². The summed E-state index contributed by atoms with van der Waals surface area (Å²) in [6.07, 6.45) is 2.76. The van der Waals surface area contributed by atoms with Crippen molar-refractivity contribution in [1.82, 2.24) is 14.8 Å². The van der Waals surface area contributed by atoms with E-state index < -0.39 is 5.97 Å². The lowest BCUT2D eigenvalue weighted by Gasteiger charge is -2.10. The number of aromatic amines is 1. The number of aromatic nitrogens is 3. The van der Waals surface area contributed by atoms with Crippen LogP contribution < -0.4 is 5.43 Å². The number of carbonyl (C=O) groups is 1. The van der Waals surface area contributed by atoms with E-state index in [0.29, 0.717) is 29.7 Å². The van der Waals surface area contributed by atoms with Gasteiger partial charge >= 0.3 is 5.97 Å². The van der Waals surface area contributed by atoms with Gasteiger partial charge in [-0.15, -0.1) is 0 Å². The van der Waals surface area contributed by atoms with Gasteiger partial charge in [-0.3, -0.25) is 4.79 Å². The lowest BCUT2D eigenvalue weighted by molar-refractivity contribution is 0.0523. The highest BCUT2D eigenvalue weighted by atomic mass is 16.5. The molecule has 3 aromatic rings. The average Bonchev–Trinajstić information content (AvgIpc) is 3.04. The number of fused-ring (bicyclic) bond motifs is 1. The summed E-state index contributed by atoms with van der Waals surface area (Å²) in [6, 6.07) is 9.95. The van der Waals surface area contributed by atoms with Crippen molar-refractivity contribution in [3.63, 3.8) is 0 Å². The van der Waals surface area contributed by atoms with Crippen LogP contribution in [0.25, 0.3) is 11.0 Å². The van der Waals surface area contributed by atoms with Crippen LogP contribution in [-0.2, 0) is 24.1 Å². The van der Waals surface area contributed by atoms with Crippen molar-refractivity contribution in [3.8, 4) is 0 Å². The highest BCUT2D eigenvalue weighted by molar-refractivity contribution is 5.94. The number of pyridine rings is 1. The molecule has 1 aromatic carbocycles. The van der Waals surface area contributed by atoms with Crippen LogP contribution in [0.4, 0.5) is 0 Å². The molecule has 0 saturated carbocycles. The smallest absolute Gasteiger partial charge is 0.343 e. The second kappa shape index (κ2) is 7.34. The number of benzene rings is 1. The first-order valence-corrected chi connectivity index (χ1v) is 8.47. The summed E-state index contributed by atoms with van der Waals surface area (Å²) in [7, 11) is 0. The number of hydrogen-bond donors (Lipinski definition) is 1. The molecule has 0 saturated heterocycles. The number of nitrogens with one attached hydrogen (secondary N) is 1. The second-order valence-electron chi connectivity index (χ2n) is 5.74. The fourth-order valence-electron chi connectivity index (χ4n) is 2.92. The van der Waals surface area contributed by atoms with E-state index in [1.807, 2.05) is 37.3 Å². The Hall–Kier alpha value is -2.89. The summed E-state index contributed by atoms with van der Waals surface area (Å²) < 4.78 is 6.82. The van der Waals surface area contributed by atoms with Gasteiger partial charge in [-0.05, 0) is 32.3 Å². The molecule has 3 rings (SSSR count). The Morgan fingerprint density at radius 1 is 1.20 bits per heavy atom. The molecule has 0 amide bonds. The average molecular weight is 339 g/mol. The molecule has 0 aliphatic rings. The summed E-state index contributed by atoms with van der Waals surface area (Å²) in [5, 5.41) is 4.62. The molecule has 2 heterocycles. The van der Waals surface area contributed by atoms with Crippen LogP contribution in [0, 0.1) is 0 Å². The third-order valence-corrected chi connectivity index (χ3v) is 4.17. The molecule has 0 bridgehead atoms. The number of aryl methyl sites for hydroxylation is 3. The van der Waals surface area contributed by atoms with Crippen molar-refractivity contribution in [1.29, 1.82) is 0 Å². The molecule has 6 nitrogen and oxygen atoms in total. The molecule has 2 aromatic heterocycles. The first kappa shape index (κ1) is 17.0. The van der Waals surface area contributed by atoms with Crippen molar-refractivity contribution >= 4 is 17.0 Å². The zero-order valence-electron chi connectivity index (χ0n) is 14.4. The molecular formula is C19H21N3O3. The number of ether oxygens (including phenoxy) is 1. The molecular weight excluding hydrogens is 318 g/mol. The summed E-state index contributed by atoms with van der Waals surface area (Å²) in [5.74, 6) is -0.585. The van der Waals surface area contributed by atoms with Gasteiger partial charge in [-0.25, -0.2) is 9.48 Å². The maximum absolute atomic E-state index is 12.8. The number of hydrogen-bond acceptors (Lipinski definition) is 4. The largest absolute Gasteiger partial charge is 0.462 e. The van der Waals surface area contributed by atoms with Gasteiger partial charge in [-0.2, -0.15) is 5.10 Å². The van der Waals surface area contributed by atoms with E-state index in [1.165, 1.54) is 6.20 Å². The number of H-pyrrole nitrogens is 1. The highest BCUT2D eigenvalue weighted by Gasteiger charge is 2.21. The molecule has 0 atom stereocenters. The molecule has 0 spiro atoms. The molecule has 0 unspecified atom stereocenters. The second-order valence-corrected chi connectivity index (χ2v) is 5.74. The van der Waals surface area contributed by atoms with E-state index in [-0.39, 0.29) is 17.6 Å². The number of esters is 1. The van der Waals surface area contributed by atoms with Crippen LogP contribution >= 0.6 is 0 Å². The summed E-state index contributed by atoms with van der Waals surface area (Å²) in [6.45, 7) is 4.54. The third-order valence-electron chi connectivity index (χ3n) is 4.17. The zero-order valence-corrected chi connectivity index (χ0v) is 14.4. The Morgan fingerprint density at radius 2 is 1.96 bits per heavy atom. The number of rotatable bonds is 6. The quantitative estimate of drug-likeness (QED) is 0.701. The third kappa shape index (κ3) is 3.33. The van der Waals surface area contributed by atoms with Crippen molar-refractivity contribution in [3.05, 3.63) is 63.6 Å². The maximum atomic E-state index is 12.8. The van der Waals surface area contributed by atoms with Crippen molar-refractivity contribution < 1.29 is 9.53 Å². The fourth-order valence-corrected chi connectivity index (χ4v) is 2.92. The monoisotopic (exact) mass is 339 g/mol. The molecule has 6 heteroatoms. The Balaban J connectivity index is 2.07. The minimum Gasteiger partial charge on any atom is -0.462 e. The zero-order chi connectivity index (χ0) is 17.8. The Kier molecular flexibility index (Phi) is 4.97. The molecule has 1 N–H and O–H groups in total. The highest BCUT2D eigenvalue weighted by Crippen LogP contribution is 2.15. The van der Waals surface area contributed by atoms with Crippen molar-refractivity contribution in [2.75, 3.05) is 6.61 Å². The lowest BCUT2D eigenvalue weighted by Crippen LogP contribution is -2.22. The Labute approximate surface area is 145 Å². The summed E-state index contributed by atoms with van der Waals surface area (Å²) in [5.41, 5.74) is 2.14. The minimum absolute atomic E-state index is 0.0842. The summed E-state index contributed by atoms with van der Waals surface area (Å²) in [4.78, 5) is 28.4. The SMILES string of the molecule is CCOC(=O)c1c(CCc2ccccc2)[nH]c2c(cnn2CC)c1=O. The van der Waals surface area contributed by atoms with Crippen LogP contribution in [0.5, 0.6) is 0 Å².